The Bertz CT molecular complexity index is 569. The Labute approximate surface area is 118 Å². The van der Waals surface area contributed by atoms with Gasteiger partial charge in [-0.1, -0.05) is 24.3 Å². The van der Waals surface area contributed by atoms with E-state index in [1.165, 1.54) is 0 Å². The van der Waals surface area contributed by atoms with Crippen LogP contribution in [0.3, 0.4) is 0 Å². The van der Waals surface area contributed by atoms with Crippen molar-refractivity contribution in [1.29, 1.82) is 0 Å². The lowest BCUT2D eigenvalue weighted by Gasteiger charge is -2.12. The quantitative estimate of drug-likeness (QED) is 0.679. The standard InChI is InChI=1S/C13H19N3O3S/c14-7-10-1-3-11(4-2-10)9-20(18,19)15-8-12-5-6-13(17)16-12/h1-4,12,15H,5-9,14H2,(H,16,17). The lowest BCUT2D eigenvalue weighted by Crippen LogP contribution is -2.38. The third kappa shape index (κ3) is 4.29. The fraction of sp³-hybridized carbons (Fsp3) is 0.462. The van der Waals surface area contributed by atoms with E-state index in [2.05, 4.69) is 10.0 Å². The van der Waals surface area contributed by atoms with Crippen molar-refractivity contribution >= 4 is 15.9 Å². The number of amides is 1. The average molecular weight is 297 g/mol. The van der Waals surface area contributed by atoms with Gasteiger partial charge in [0.1, 0.15) is 0 Å². The second-order valence-corrected chi connectivity index (χ2v) is 6.74. The summed E-state index contributed by atoms with van der Waals surface area (Å²) in [6.45, 7) is 0.682. The summed E-state index contributed by atoms with van der Waals surface area (Å²) in [6, 6.07) is 7.07. The van der Waals surface area contributed by atoms with Gasteiger partial charge >= 0.3 is 0 Å². The van der Waals surface area contributed by atoms with Gasteiger partial charge in [0, 0.05) is 25.6 Å². The summed E-state index contributed by atoms with van der Waals surface area (Å²) < 4.78 is 26.4. The molecule has 7 heteroatoms. The molecule has 1 saturated heterocycles. The predicted molar refractivity (Wildman–Crippen MR) is 76.1 cm³/mol. The largest absolute Gasteiger partial charge is 0.352 e. The van der Waals surface area contributed by atoms with Crippen LogP contribution in [0.25, 0.3) is 0 Å². The molecule has 1 amide bonds. The molecule has 110 valence electrons. The molecule has 0 spiro atoms. The predicted octanol–water partition coefficient (Wildman–Crippen LogP) is -0.157. The summed E-state index contributed by atoms with van der Waals surface area (Å²) in [5.41, 5.74) is 7.17. The summed E-state index contributed by atoms with van der Waals surface area (Å²) in [5, 5.41) is 2.73. The molecule has 6 nitrogen and oxygen atoms in total. The van der Waals surface area contributed by atoms with E-state index in [4.69, 9.17) is 5.73 Å². The number of nitrogens with two attached hydrogens (primary N) is 1. The van der Waals surface area contributed by atoms with Crippen LogP contribution in [0.5, 0.6) is 0 Å². The zero-order valence-corrected chi connectivity index (χ0v) is 11.9. The van der Waals surface area contributed by atoms with Gasteiger partial charge in [-0.25, -0.2) is 13.1 Å². The topological polar surface area (TPSA) is 101 Å². The minimum absolute atomic E-state index is 0.0217. The molecule has 1 fully saturated rings. The van der Waals surface area contributed by atoms with Crippen molar-refractivity contribution in [3.63, 3.8) is 0 Å². The van der Waals surface area contributed by atoms with E-state index in [9.17, 15) is 13.2 Å². The zero-order valence-electron chi connectivity index (χ0n) is 11.1. The molecule has 0 bridgehead atoms. The molecule has 20 heavy (non-hydrogen) atoms. The number of sulfonamides is 1. The van der Waals surface area contributed by atoms with E-state index in [-0.39, 0.29) is 24.2 Å². The third-order valence-corrected chi connectivity index (χ3v) is 4.57. The number of nitrogens with one attached hydrogen (secondary N) is 2. The second-order valence-electron chi connectivity index (χ2n) is 4.93. The maximum Gasteiger partial charge on any atom is 0.220 e. The smallest absolute Gasteiger partial charge is 0.220 e. The van der Waals surface area contributed by atoms with Crippen LogP contribution < -0.4 is 15.8 Å². The van der Waals surface area contributed by atoms with Crippen molar-refractivity contribution in [2.75, 3.05) is 6.54 Å². The van der Waals surface area contributed by atoms with Crippen LogP contribution in [0, 0.1) is 0 Å². The number of carbonyl (C=O) groups is 1. The molecular formula is C13H19N3O3S. The van der Waals surface area contributed by atoms with E-state index < -0.39 is 10.0 Å². The lowest BCUT2D eigenvalue weighted by atomic mass is 10.1. The zero-order chi connectivity index (χ0) is 14.6. The van der Waals surface area contributed by atoms with Crippen LogP contribution in [0.2, 0.25) is 0 Å². The number of hydrogen-bond donors (Lipinski definition) is 3. The minimum atomic E-state index is -3.39. The molecule has 1 heterocycles. The molecule has 0 aliphatic carbocycles. The van der Waals surface area contributed by atoms with Crippen molar-refractivity contribution in [3.05, 3.63) is 35.4 Å². The summed E-state index contributed by atoms with van der Waals surface area (Å²) in [5.74, 6) is -0.0926. The van der Waals surface area contributed by atoms with Gasteiger partial charge in [-0.2, -0.15) is 0 Å². The molecule has 0 radical (unpaired) electrons. The van der Waals surface area contributed by atoms with Crippen LogP contribution >= 0.6 is 0 Å². The highest BCUT2D eigenvalue weighted by Gasteiger charge is 2.22. The van der Waals surface area contributed by atoms with Gasteiger partial charge in [-0.15, -0.1) is 0 Å². The fourth-order valence-corrected chi connectivity index (χ4v) is 3.29. The number of carbonyl (C=O) groups excluding carboxylic acids is 1. The highest BCUT2D eigenvalue weighted by molar-refractivity contribution is 7.88. The number of rotatable bonds is 6. The average Bonchev–Trinajstić information content (AvgIpc) is 2.83. The molecule has 2 rings (SSSR count). The van der Waals surface area contributed by atoms with Crippen LogP contribution in [0.15, 0.2) is 24.3 Å². The Morgan fingerprint density at radius 3 is 2.45 bits per heavy atom. The van der Waals surface area contributed by atoms with Gasteiger partial charge in [0.15, 0.2) is 0 Å². The Morgan fingerprint density at radius 1 is 1.25 bits per heavy atom. The normalized spacial score (nSPS) is 19.1. The van der Waals surface area contributed by atoms with Crippen LogP contribution in [-0.4, -0.2) is 26.9 Å². The summed E-state index contributed by atoms with van der Waals surface area (Å²) in [7, 11) is -3.39. The van der Waals surface area contributed by atoms with Crippen LogP contribution in [0.4, 0.5) is 0 Å². The van der Waals surface area contributed by atoms with Gasteiger partial charge in [0.2, 0.25) is 15.9 Å². The minimum Gasteiger partial charge on any atom is -0.352 e. The van der Waals surface area contributed by atoms with Gasteiger partial charge in [-0.3, -0.25) is 4.79 Å². The molecule has 0 saturated carbocycles. The molecule has 0 aromatic heterocycles. The summed E-state index contributed by atoms with van der Waals surface area (Å²) in [4.78, 5) is 11.0. The Kier molecular flexibility index (Phi) is 4.74. The van der Waals surface area contributed by atoms with Crippen molar-refractivity contribution in [1.82, 2.24) is 10.0 Å². The molecule has 1 unspecified atom stereocenters. The first-order chi connectivity index (χ1) is 9.48. The van der Waals surface area contributed by atoms with Crippen LogP contribution in [0.1, 0.15) is 24.0 Å². The Hall–Kier alpha value is -1.44. The van der Waals surface area contributed by atoms with Crippen molar-refractivity contribution in [2.45, 2.75) is 31.2 Å². The van der Waals surface area contributed by atoms with E-state index in [1.807, 2.05) is 12.1 Å². The Morgan fingerprint density at radius 2 is 1.90 bits per heavy atom. The molecule has 1 aliphatic heterocycles. The maximum atomic E-state index is 11.9. The number of hydrogen-bond acceptors (Lipinski definition) is 4. The Balaban J connectivity index is 1.88. The van der Waals surface area contributed by atoms with E-state index in [0.29, 0.717) is 24.9 Å². The molecule has 1 aromatic rings. The number of benzene rings is 1. The highest BCUT2D eigenvalue weighted by Crippen LogP contribution is 2.09. The molecular weight excluding hydrogens is 278 g/mol. The second kappa shape index (κ2) is 6.34. The monoisotopic (exact) mass is 297 g/mol. The van der Waals surface area contributed by atoms with Gasteiger partial charge in [0.05, 0.1) is 5.75 Å². The lowest BCUT2D eigenvalue weighted by molar-refractivity contribution is -0.119. The summed E-state index contributed by atoms with van der Waals surface area (Å²) >= 11 is 0. The van der Waals surface area contributed by atoms with E-state index in [1.54, 1.807) is 12.1 Å². The van der Waals surface area contributed by atoms with E-state index >= 15 is 0 Å². The molecule has 1 aliphatic rings. The summed E-state index contributed by atoms with van der Waals surface area (Å²) in [6.07, 6.45) is 1.14. The first kappa shape index (κ1) is 15.0. The first-order valence-electron chi connectivity index (χ1n) is 6.53. The van der Waals surface area contributed by atoms with E-state index in [0.717, 1.165) is 5.56 Å². The van der Waals surface area contributed by atoms with Crippen molar-refractivity contribution in [2.24, 2.45) is 5.73 Å². The van der Waals surface area contributed by atoms with Crippen molar-refractivity contribution in [3.8, 4) is 0 Å². The van der Waals surface area contributed by atoms with Gasteiger partial charge in [0.25, 0.3) is 0 Å². The van der Waals surface area contributed by atoms with Crippen LogP contribution in [-0.2, 0) is 27.1 Å². The SMILES string of the molecule is NCc1ccc(CS(=O)(=O)NCC2CCC(=O)N2)cc1. The molecule has 4 N–H and O–H groups in total. The first-order valence-corrected chi connectivity index (χ1v) is 8.18. The third-order valence-electron chi connectivity index (χ3n) is 3.25. The molecule has 1 aromatic carbocycles. The fourth-order valence-electron chi connectivity index (χ4n) is 2.10. The van der Waals surface area contributed by atoms with Crippen molar-refractivity contribution < 1.29 is 13.2 Å². The van der Waals surface area contributed by atoms with Gasteiger partial charge < -0.3 is 11.1 Å². The maximum absolute atomic E-state index is 11.9. The molecule has 1 atom stereocenters. The highest BCUT2D eigenvalue weighted by atomic mass is 32.2. The van der Waals surface area contributed by atoms with Gasteiger partial charge in [-0.05, 0) is 17.5 Å².